The molecule has 2 heteroatoms. The van der Waals surface area contributed by atoms with Crippen molar-refractivity contribution in [2.24, 2.45) is 0 Å². The molecule has 1 nitrogen and oxygen atoms in total. The number of benzene rings is 1. The molecule has 0 bridgehead atoms. The smallest absolute Gasteiger partial charge is 0.0210 e. The molecule has 0 saturated carbocycles. The monoisotopic (exact) mass is 263 g/mol. The topological polar surface area (TPSA) is 12.0 Å². The van der Waals surface area contributed by atoms with E-state index in [2.05, 4.69) is 63.9 Å². The van der Waals surface area contributed by atoms with Crippen molar-refractivity contribution in [3.05, 3.63) is 42.0 Å². The second-order valence-corrected chi connectivity index (χ2v) is 6.97. The summed E-state index contributed by atoms with van der Waals surface area (Å²) in [4.78, 5) is 1.35. The predicted molar refractivity (Wildman–Crippen MR) is 83.2 cm³/mol. The van der Waals surface area contributed by atoms with E-state index in [0.29, 0.717) is 0 Å². The molecule has 0 heterocycles. The molecule has 0 aliphatic carbocycles. The number of hydrogen-bond donors (Lipinski definition) is 1. The predicted octanol–water partition coefficient (Wildman–Crippen LogP) is 4.63. The molecule has 0 spiro atoms. The van der Waals surface area contributed by atoms with Crippen LogP contribution in [0.1, 0.15) is 39.7 Å². The van der Waals surface area contributed by atoms with Crippen molar-refractivity contribution < 1.29 is 0 Å². The van der Waals surface area contributed by atoms with E-state index >= 15 is 0 Å². The Balaban J connectivity index is 2.49. The highest BCUT2D eigenvalue weighted by molar-refractivity contribution is 7.99. The van der Waals surface area contributed by atoms with E-state index in [-0.39, 0.29) is 5.54 Å². The van der Waals surface area contributed by atoms with Crippen molar-refractivity contribution >= 4 is 11.8 Å². The van der Waals surface area contributed by atoms with Crippen molar-refractivity contribution in [2.45, 2.75) is 51.1 Å². The zero-order chi connectivity index (χ0) is 13.6. The van der Waals surface area contributed by atoms with Crippen LogP contribution < -0.4 is 5.32 Å². The summed E-state index contributed by atoms with van der Waals surface area (Å²) >= 11 is 1.91. The average molecular weight is 263 g/mol. The lowest BCUT2D eigenvalue weighted by atomic mass is 10.1. The highest BCUT2D eigenvalue weighted by Crippen LogP contribution is 2.21. The minimum atomic E-state index is 0.170. The number of allylic oxidation sites excluding steroid dienone is 1. The quantitative estimate of drug-likeness (QED) is 0.593. The standard InChI is InChI=1S/C16H25NS/c1-13(2)9-10-18-15-8-6-7-14(11-15)12-17-16(3,4)5/h6-8,11,17H,1,9-10,12H2,2-5H3. The van der Waals surface area contributed by atoms with Gasteiger partial charge < -0.3 is 5.32 Å². The third-order valence-corrected chi connectivity index (χ3v) is 3.51. The van der Waals surface area contributed by atoms with E-state index in [1.807, 2.05) is 11.8 Å². The lowest BCUT2D eigenvalue weighted by Gasteiger charge is -2.20. The van der Waals surface area contributed by atoms with Gasteiger partial charge in [0.15, 0.2) is 0 Å². The maximum absolute atomic E-state index is 3.94. The van der Waals surface area contributed by atoms with E-state index in [0.717, 1.165) is 18.7 Å². The molecule has 100 valence electrons. The van der Waals surface area contributed by atoms with Crippen LogP contribution in [0.3, 0.4) is 0 Å². The highest BCUT2D eigenvalue weighted by Gasteiger charge is 2.08. The van der Waals surface area contributed by atoms with Gasteiger partial charge in [-0.15, -0.1) is 18.3 Å². The average Bonchev–Trinajstić information content (AvgIpc) is 2.26. The second-order valence-electron chi connectivity index (χ2n) is 5.81. The van der Waals surface area contributed by atoms with Crippen LogP contribution in [0.5, 0.6) is 0 Å². The van der Waals surface area contributed by atoms with Crippen LogP contribution in [-0.2, 0) is 6.54 Å². The second kappa shape index (κ2) is 7.01. The van der Waals surface area contributed by atoms with E-state index < -0.39 is 0 Å². The maximum atomic E-state index is 3.94. The van der Waals surface area contributed by atoms with Crippen LogP contribution in [0.15, 0.2) is 41.3 Å². The minimum absolute atomic E-state index is 0.170. The first-order valence-corrected chi connectivity index (χ1v) is 7.46. The van der Waals surface area contributed by atoms with Crippen molar-refractivity contribution in [2.75, 3.05) is 5.75 Å². The van der Waals surface area contributed by atoms with Crippen molar-refractivity contribution in [3.8, 4) is 0 Å². The third kappa shape index (κ3) is 6.87. The Hall–Kier alpha value is -0.730. The molecule has 0 aliphatic heterocycles. The summed E-state index contributed by atoms with van der Waals surface area (Å²) in [6, 6.07) is 8.79. The van der Waals surface area contributed by atoms with Crippen LogP contribution >= 0.6 is 11.8 Å². The fraction of sp³-hybridized carbons (Fsp3) is 0.500. The Morgan fingerprint density at radius 1 is 1.33 bits per heavy atom. The van der Waals surface area contributed by atoms with Crippen molar-refractivity contribution in [1.82, 2.24) is 5.32 Å². The van der Waals surface area contributed by atoms with Gasteiger partial charge in [-0.3, -0.25) is 0 Å². The number of nitrogens with one attached hydrogen (secondary N) is 1. The summed E-state index contributed by atoms with van der Waals surface area (Å²) in [6.07, 6.45) is 1.09. The third-order valence-electron chi connectivity index (χ3n) is 2.52. The van der Waals surface area contributed by atoms with Crippen LogP contribution in [-0.4, -0.2) is 11.3 Å². The molecule has 0 amide bonds. The largest absolute Gasteiger partial charge is 0.308 e. The van der Waals surface area contributed by atoms with E-state index in [4.69, 9.17) is 0 Å². The molecule has 0 unspecified atom stereocenters. The van der Waals surface area contributed by atoms with Crippen molar-refractivity contribution in [3.63, 3.8) is 0 Å². The Kier molecular flexibility index (Phi) is 5.97. The molecule has 1 aromatic rings. The fourth-order valence-corrected chi connectivity index (χ4v) is 2.55. The van der Waals surface area contributed by atoms with Crippen LogP contribution in [0.2, 0.25) is 0 Å². The van der Waals surface area contributed by atoms with Gasteiger partial charge in [-0.1, -0.05) is 17.7 Å². The van der Waals surface area contributed by atoms with Gasteiger partial charge in [0, 0.05) is 22.7 Å². The van der Waals surface area contributed by atoms with Gasteiger partial charge in [0.2, 0.25) is 0 Å². The molecular weight excluding hydrogens is 238 g/mol. The minimum Gasteiger partial charge on any atom is -0.308 e. The molecule has 0 radical (unpaired) electrons. The summed E-state index contributed by atoms with van der Waals surface area (Å²) in [5.74, 6) is 1.12. The van der Waals surface area contributed by atoms with Gasteiger partial charge in [-0.25, -0.2) is 0 Å². The summed E-state index contributed by atoms with van der Waals surface area (Å²) in [5, 5.41) is 3.52. The molecule has 0 atom stereocenters. The molecule has 0 aliphatic rings. The van der Waals surface area contributed by atoms with Gasteiger partial charge in [-0.05, 0) is 51.8 Å². The zero-order valence-electron chi connectivity index (χ0n) is 12.0. The van der Waals surface area contributed by atoms with Crippen LogP contribution in [0.4, 0.5) is 0 Å². The Morgan fingerprint density at radius 2 is 2.06 bits per heavy atom. The van der Waals surface area contributed by atoms with E-state index in [9.17, 15) is 0 Å². The molecule has 1 N–H and O–H groups in total. The maximum Gasteiger partial charge on any atom is 0.0210 e. The molecule has 0 fully saturated rings. The number of hydrogen-bond acceptors (Lipinski definition) is 2. The molecule has 1 aromatic carbocycles. The summed E-state index contributed by atoms with van der Waals surface area (Å²) in [5.41, 5.74) is 2.78. The fourth-order valence-electron chi connectivity index (χ4n) is 1.46. The summed E-state index contributed by atoms with van der Waals surface area (Å²) in [6.45, 7) is 13.5. The van der Waals surface area contributed by atoms with Gasteiger partial charge >= 0.3 is 0 Å². The zero-order valence-corrected chi connectivity index (χ0v) is 12.9. The lowest BCUT2D eigenvalue weighted by Crippen LogP contribution is -2.35. The van der Waals surface area contributed by atoms with Gasteiger partial charge in [0.25, 0.3) is 0 Å². The Labute approximate surface area is 116 Å². The molecular formula is C16H25NS. The van der Waals surface area contributed by atoms with Crippen LogP contribution in [0.25, 0.3) is 0 Å². The summed E-state index contributed by atoms with van der Waals surface area (Å²) in [7, 11) is 0. The number of thioether (sulfide) groups is 1. The van der Waals surface area contributed by atoms with Crippen LogP contribution in [0, 0.1) is 0 Å². The molecule has 18 heavy (non-hydrogen) atoms. The Bertz CT molecular complexity index is 390. The van der Waals surface area contributed by atoms with Gasteiger partial charge in [0.1, 0.15) is 0 Å². The first kappa shape index (κ1) is 15.3. The van der Waals surface area contributed by atoms with E-state index in [1.54, 1.807) is 0 Å². The molecule has 0 saturated heterocycles. The summed E-state index contributed by atoms with van der Waals surface area (Å²) < 4.78 is 0. The Morgan fingerprint density at radius 3 is 2.67 bits per heavy atom. The van der Waals surface area contributed by atoms with Gasteiger partial charge in [-0.2, -0.15) is 0 Å². The highest BCUT2D eigenvalue weighted by atomic mass is 32.2. The number of rotatable bonds is 6. The van der Waals surface area contributed by atoms with Gasteiger partial charge in [0.05, 0.1) is 0 Å². The normalized spacial score (nSPS) is 11.6. The van der Waals surface area contributed by atoms with E-state index in [1.165, 1.54) is 16.0 Å². The van der Waals surface area contributed by atoms with Crippen molar-refractivity contribution in [1.29, 1.82) is 0 Å². The SMILES string of the molecule is C=C(C)CCSc1cccc(CNC(C)(C)C)c1. The first-order chi connectivity index (χ1) is 8.37. The molecule has 1 rings (SSSR count). The molecule has 0 aromatic heterocycles. The first-order valence-electron chi connectivity index (χ1n) is 6.48. The lowest BCUT2D eigenvalue weighted by molar-refractivity contribution is 0.424.